The summed E-state index contributed by atoms with van der Waals surface area (Å²) in [5, 5.41) is 0. The van der Waals surface area contributed by atoms with Crippen molar-refractivity contribution in [3.05, 3.63) is 29.7 Å². The first-order valence-corrected chi connectivity index (χ1v) is 6.55. The van der Waals surface area contributed by atoms with Gasteiger partial charge < -0.3 is 13.9 Å². The molecule has 1 aliphatic rings. The van der Waals surface area contributed by atoms with Gasteiger partial charge in [0, 0.05) is 13.1 Å². The van der Waals surface area contributed by atoms with E-state index in [9.17, 15) is 4.79 Å². The molecular weight excluding hydrogens is 260 g/mol. The lowest BCUT2D eigenvalue weighted by Crippen LogP contribution is -2.35. The number of para-hydroxylation sites is 1. The van der Waals surface area contributed by atoms with Crippen LogP contribution in [0.5, 0.6) is 0 Å². The van der Waals surface area contributed by atoms with Gasteiger partial charge in [-0.2, -0.15) is 0 Å². The first-order chi connectivity index (χ1) is 9.78. The summed E-state index contributed by atoms with van der Waals surface area (Å²) < 4.78 is 15.8. The molecule has 0 radical (unpaired) electrons. The number of carbonyl (C=O) groups is 1. The molecule has 0 unspecified atom stereocenters. The number of benzene rings is 1. The van der Waals surface area contributed by atoms with Gasteiger partial charge in [-0.15, -0.1) is 0 Å². The topological polar surface area (TPSA) is 64.8 Å². The van der Waals surface area contributed by atoms with Crippen molar-refractivity contribution >= 4 is 17.1 Å². The van der Waals surface area contributed by atoms with Gasteiger partial charge in [-0.05, 0) is 12.1 Å². The van der Waals surface area contributed by atoms with Gasteiger partial charge in [-0.1, -0.05) is 6.07 Å². The number of morpholine rings is 1. The Morgan fingerprint density at radius 2 is 2.20 bits per heavy atom. The highest BCUT2D eigenvalue weighted by Gasteiger charge is 2.18. The lowest BCUT2D eigenvalue weighted by molar-refractivity contribution is 0.0308. The van der Waals surface area contributed by atoms with Crippen LogP contribution in [0.1, 0.15) is 16.2 Å². The number of rotatable bonds is 3. The quantitative estimate of drug-likeness (QED) is 0.790. The van der Waals surface area contributed by atoms with Gasteiger partial charge in [0.05, 0.1) is 32.4 Å². The molecule has 0 N–H and O–H groups in total. The molecule has 106 valence electrons. The molecule has 1 fully saturated rings. The van der Waals surface area contributed by atoms with Gasteiger partial charge in [-0.3, -0.25) is 4.90 Å². The largest absolute Gasteiger partial charge is 0.465 e. The fourth-order valence-electron chi connectivity index (χ4n) is 2.29. The second kappa shape index (κ2) is 5.60. The normalized spacial score (nSPS) is 16.4. The second-order valence-electron chi connectivity index (χ2n) is 4.64. The van der Waals surface area contributed by atoms with Crippen LogP contribution in [-0.4, -0.2) is 49.3 Å². The number of oxazole rings is 1. The van der Waals surface area contributed by atoms with E-state index >= 15 is 0 Å². The number of hydrogen-bond donors (Lipinski definition) is 0. The monoisotopic (exact) mass is 276 g/mol. The summed E-state index contributed by atoms with van der Waals surface area (Å²) in [6, 6.07) is 5.26. The molecule has 0 atom stereocenters. The van der Waals surface area contributed by atoms with Crippen molar-refractivity contribution in [2.75, 3.05) is 33.4 Å². The summed E-state index contributed by atoms with van der Waals surface area (Å²) >= 11 is 0. The highest BCUT2D eigenvalue weighted by Crippen LogP contribution is 2.21. The lowest BCUT2D eigenvalue weighted by Gasteiger charge is -2.24. The van der Waals surface area contributed by atoms with Crippen LogP contribution in [0.25, 0.3) is 11.1 Å². The Morgan fingerprint density at radius 3 is 2.95 bits per heavy atom. The van der Waals surface area contributed by atoms with E-state index in [0.29, 0.717) is 29.1 Å². The zero-order chi connectivity index (χ0) is 13.9. The predicted octanol–water partition coefficient (Wildman–Crippen LogP) is 1.45. The Bertz CT molecular complexity index is 617. The van der Waals surface area contributed by atoms with Gasteiger partial charge >= 0.3 is 5.97 Å². The molecule has 3 rings (SSSR count). The van der Waals surface area contributed by atoms with E-state index in [4.69, 9.17) is 13.9 Å². The minimum absolute atomic E-state index is 0.401. The van der Waals surface area contributed by atoms with Crippen molar-refractivity contribution in [1.29, 1.82) is 0 Å². The summed E-state index contributed by atoms with van der Waals surface area (Å²) in [5.41, 5.74) is 1.60. The van der Waals surface area contributed by atoms with E-state index in [2.05, 4.69) is 9.88 Å². The number of hydrogen-bond acceptors (Lipinski definition) is 6. The van der Waals surface area contributed by atoms with E-state index in [0.717, 1.165) is 26.3 Å². The van der Waals surface area contributed by atoms with Crippen LogP contribution in [0.4, 0.5) is 0 Å². The molecule has 1 saturated heterocycles. The van der Waals surface area contributed by atoms with E-state index in [-0.39, 0.29) is 0 Å². The standard InChI is InChI=1S/C14H16N2O4/c1-18-14(17)10-3-2-4-11-13(10)15-12(20-11)9-16-5-7-19-8-6-16/h2-4H,5-9H2,1H3. The first-order valence-electron chi connectivity index (χ1n) is 6.55. The van der Waals surface area contributed by atoms with Gasteiger partial charge in [0.2, 0.25) is 5.89 Å². The molecule has 1 aliphatic heterocycles. The molecule has 1 aromatic heterocycles. The van der Waals surface area contributed by atoms with Crippen molar-refractivity contribution in [3.63, 3.8) is 0 Å². The van der Waals surface area contributed by atoms with Crippen LogP contribution in [0.3, 0.4) is 0 Å². The van der Waals surface area contributed by atoms with Crippen molar-refractivity contribution in [3.8, 4) is 0 Å². The van der Waals surface area contributed by atoms with Crippen LogP contribution in [0, 0.1) is 0 Å². The third-order valence-electron chi connectivity index (χ3n) is 3.33. The zero-order valence-electron chi connectivity index (χ0n) is 11.3. The summed E-state index contributed by atoms with van der Waals surface area (Å²) in [6.07, 6.45) is 0. The number of methoxy groups -OCH3 is 1. The van der Waals surface area contributed by atoms with E-state index < -0.39 is 5.97 Å². The Labute approximate surface area is 116 Å². The SMILES string of the molecule is COC(=O)c1cccc2oc(CN3CCOCC3)nc12. The number of esters is 1. The number of fused-ring (bicyclic) bond motifs is 1. The number of aromatic nitrogens is 1. The van der Waals surface area contributed by atoms with E-state index in [1.165, 1.54) is 7.11 Å². The average molecular weight is 276 g/mol. The number of nitrogens with zero attached hydrogens (tertiary/aromatic N) is 2. The average Bonchev–Trinajstić information content (AvgIpc) is 2.89. The lowest BCUT2D eigenvalue weighted by atomic mass is 10.2. The maximum Gasteiger partial charge on any atom is 0.340 e. The third-order valence-corrected chi connectivity index (χ3v) is 3.33. The van der Waals surface area contributed by atoms with Gasteiger partial charge in [0.15, 0.2) is 5.58 Å². The van der Waals surface area contributed by atoms with Crippen molar-refractivity contribution in [2.24, 2.45) is 0 Å². The molecule has 1 aromatic carbocycles. The summed E-state index contributed by atoms with van der Waals surface area (Å²) in [7, 11) is 1.36. The van der Waals surface area contributed by atoms with Crippen LogP contribution >= 0.6 is 0 Å². The maximum absolute atomic E-state index is 11.7. The van der Waals surface area contributed by atoms with Crippen molar-refractivity contribution in [2.45, 2.75) is 6.54 Å². The molecule has 0 aliphatic carbocycles. The molecule has 6 heteroatoms. The third kappa shape index (κ3) is 2.52. The van der Waals surface area contributed by atoms with Crippen LogP contribution in [0.2, 0.25) is 0 Å². The van der Waals surface area contributed by atoms with Crippen LogP contribution in [-0.2, 0) is 16.0 Å². The van der Waals surface area contributed by atoms with Gasteiger partial charge in [0.1, 0.15) is 5.52 Å². The minimum Gasteiger partial charge on any atom is -0.465 e. The summed E-state index contributed by atoms with van der Waals surface area (Å²) in [4.78, 5) is 18.3. The van der Waals surface area contributed by atoms with Gasteiger partial charge in [-0.25, -0.2) is 9.78 Å². The van der Waals surface area contributed by atoms with Crippen molar-refractivity contribution < 1.29 is 18.7 Å². The first kappa shape index (κ1) is 13.1. The molecule has 2 aromatic rings. The Balaban J connectivity index is 1.88. The van der Waals surface area contributed by atoms with E-state index in [1.807, 2.05) is 0 Å². The zero-order valence-corrected chi connectivity index (χ0v) is 11.3. The summed E-state index contributed by atoms with van der Waals surface area (Å²) in [6.45, 7) is 3.81. The Kier molecular flexibility index (Phi) is 3.66. The number of ether oxygens (including phenoxy) is 2. The number of carbonyl (C=O) groups excluding carboxylic acids is 1. The molecule has 0 amide bonds. The van der Waals surface area contributed by atoms with E-state index in [1.54, 1.807) is 18.2 Å². The highest BCUT2D eigenvalue weighted by atomic mass is 16.5. The van der Waals surface area contributed by atoms with Gasteiger partial charge in [0.25, 0.3) is 0 Å². The molecule has 0 bridgehead atoms. The van der Waals surface area contributed by atoms with Crippen molar-refractivity contribution in [1.82, 2.24) is 9.88 Å². The molecule has 6 nitrogen and oxygen atoms in total. The van der Waals surface area contributed by atoms with Crippen LogP contribution < -0.4 is 0 Å². The fraction of sp³-hybridized carbons (Fsp3) is 0.429. The minimum atomic E-state index is -0.401. The molecular formula is C14H16N2O4. The fourth-order valence-corrected chi connectivity index (χ4v) is 2.29. The Morgan fingerprint density at radius 1 is 1.40 bits per heavy atom. The predicted molar refractivity (Wildman–Crippen MR) is 71.4 cm³/mol. The molecule has 2 heterocycles. The molecule has 20 heavy (non-hydrogen) atoms. The highest BCUT2D eigenvalue weighted by molar-refractivity contribution is 6.01. The summed E-state index contributed by atoms with van der Waals surface area (Å²) in [5.74, 6) is 0.208. The smallest absolute Gasteiger partial charge is 0.340 e. The second-order valence-corrected chi connectivity index (χ2v) is 4.64. The maximum atomic E-state index is 11.7. The molecule has 0 spiro atoms. The molecule has 0 saturated carbocycles. The van der Waals surface area contributed by atoms with Crippen LogP contribution in [0.15, 0.2) is 22.6 Å². The Hall–Kier alpha value is -1.92.